The Kier molecular flexibility index (Phi) is 3.07. The lowest BCUT2D eigenvalue weighted by Gasteiger charge is -2.29. The summed E-state index contributed by atoms with van der Waals surface area (Å²) < 4.78 is 7.28. The normalized spacial score (nSPS) is 22.2. The van der Waals surface area contributed by atoms with Gasteiger partial charge in [0.05, 0.1) is 5.54 Å². The molecule has 18 heavy (non-hydrogen) atoms. The number of thioether (sulfide) groups is 1. The molecule has 1 spiro atoms. The van der Waals surface area contributed by atoms with Gasteiger partial charge in [-0.05, 0) is 19.8 Å². The van der Waals surface area contributed by atoms with Crippen LogP contribution in [0, 0.1) is 6.92 Å². The fourth-order valence-corrected chi connectivity index (χ4v) is 3.48. The molecule has 0 bridgehead atoms. The summed E-state index contributed by atoms with van der Waals surface area (Å²) in [5.41, 5.74) is 1.25. The molecule has 3 rings (SSSR count). The fourth-order valence-electron chi connectivity index (χ4n) is 2.29. The van der Waals surface area contributed by atoms with Gasteiger partial charge in [-0.3, -0.25) is 9.67 Å². The first-order valence-electron chi connectivity index (χ1n) is 6.25. The minimum atomic E-state index is 0.106. The molecule has 1 aromatic rings. The maximum atomic E-state index is 5.41. The molecule has 1 aromatic heterocycles. The van der Waals surface area contributed by atoms with Gasteiger partial charge in [0.1, 0.15) is 0 Å². The summed E-state index contributed by atoms with van der Waals surface area (Å²) in [6.07, 6.45) is 2.07. The second-order valence-corrected chi connectivity index (χ2v) is 5.93. The van der Waals surface area contributed by atoms with Gasteiger partial charge in [0.15, 0.2) is 11.0 Å². The molecule has 2 aliphatic rings. The summed E-state index contributed by atoms with van der Waals surface area (Å²) in [4.78, 5) is 4.85. The molecule has 2 aliphatic heterocycles. The first kappa shape index (κ1) is 12.0. The maximum Gasteiger partial charge on any atom is 0.162 e. The number of hydrogen-bond donors (Lipinski definition) is 1. The van der Waals surface area contributed by atoms with E-state index in [4.69, 9.17) is 9.73 Å². The number of nitrogens with one attached hydrogen (secondary N) is 1. The highest BCUT2D eigenvalue weighted by Crippen LogP contribution is 2.36. The molecule has 5 nitrogen and oxygen atoms in total. The molecule has 0 aromatic carbocycles. The topological polar surface area (TPSA) is 51.4 Å². The summed E-state index contributed by atoms with van der Waals surface area (Å²) >= 11 is 1.79. The van der Waals surface area contributed by atoms with Crippen molar-refractivity contribution in [1.82, 2.24) is 9.78 Å². The van der Waals surface area contributed by atoms with Crippen molar-refractivity contribution in [2.24, 2.45) is 12.0 Å². The monoisotopic (exact) mass is 266 g/mol. The van der Waals surface area contributed by atoms with Gasteiger partial charge in [-0.25, -0.2) is 0 Å². The minimum absolute atomic E-state index is 0.106. The zero-order chi connectivity index (χ0) is 12.6. The van der Waals surface area contributed by atoms with Crippen molar-refractivity contribution in [1.29, 1.82) is 0 Å². The van der Waals surface area contributed by atoms with E-state index in [9.17, 15) is 0 Å². The number of anilines is 1. The number of aliphatic imine (C=N–C) groups is 1. The van der Waals surface area contributed by atoms with Gasteiger partial charge in [-0.2, -0.15) is 5.10 Å². The second-order valence-electron chi connectivity index (χ2n) is 4.96. The lowest BCUT2D eigenvalue weighted by atomic mass is 9.93. The van der Waals surface area contributed by atoms with Gasteiger partial charge in [0.25, 0.3) is 0 Å². The lowest BCUT2D eigenvalue weighted by Crippen LogP contribution is -2.34. The molecule has 0 radical (unpaired) electrons. The van der Waals surface area contributed by atoms with E-state index >= 15 is 0 Å². The first-order chi connectivity index (χ1) is 8.67. The number of amidine groups is 1. The molecule has 0 saturated carbocycles. The Bertz CT molecular complexity index is 457. The third kappa shape index (κ3) is 2.27. The molecule has 0 amide bonds. The predicted molar refractivity (Wildman–Crippen MR) is 74.2 cm³/mol. The standard InChI is InChI=1S/C12H18N4OS/c1-9-7-10(15-16(9)2)13-11-14-12(8-18-11)3-5-17-6-4-12/h7H,3-6,8H2,1-2H3,(H,13,14,15). The molecular weight excluding hydrogens is 248 g/mol. The van der Waals surface area contributed by atoms with E-state index in [-0.39, 0.29) is 5.54 Å². The van der Waals surface area contributed by atoms with Crippen molar-refractivity contribution in [3.05, 3.63) is 11.8 Å². The Balaban J connectivity index is 1.72. The third-order valence-electron chi connectivity index (χ3n) is 3.59. The van der Waals surface area contributed by atoms with E-state index in [1.165, 1.54) is 0 Å². The van der Waals surface area contributed by atoms with Gasteiger partial charge in [-0.15, -0.1) is 0 Å². The van der Waals surface area contributed by atoms with E-state index in [2.05, 4.69) is 10.4 Å². The molecule has 0 aliphatic carbocycles. The number of aryl methyl sites for hydroxylation is 2. The van der Waals surface area contributed by atoms with Crippen molar-refractivity contribution in [3.63, 3.8) is 0 Å². The number of ether oxygens (including phenoxy) is 1. The van der Waals surface area contributed by atoms with E-state index in [0.29, 0.717) is 0 Å². The highest BCUT2D eigenvalue weighted by atomic mass is 32.2. The van der Waals surface area contributed by atoms with E-state index in [1.54, 1.807) is 11.8 Å². The predicted octanol–water partition coefficient (Wildman–Crippen LogP) is 1.79. The maximum absolute atomic E-state index is 5.41. The van der Waals surface area contributed by atoms with Crippen LogP contribution in [0.25, 0.3) is 0 Å². The highest BCUT2D eigenvalue weighted by Gasteiger charge is 2.37. The summed E-state index contributed by atoms with van der Waals surface area (Å²) in [7, 11) is 1.95. The molecule has 1 N–H and O–H groups in total. The molecule has 0 unspecified atom stereocenters. The SMILES string of the molecule is Cc1cc(NC2=NC3(CCOCC3)CS2)nn1C. The van der Waals surface area contributed by atoms with E-state index in [1.807, 2.05) is 24.7 Å². The first-order valence-corrected chi connectivity index (χ1v) is 7.24. The zero-order valence-electron chi connectivity index (χ0n) is 10.8. The Labute approximate surface area is 111 Å². The van der Waals surface area contributed by atoms with Crippen molar-refractivity contribution in [2.75, 3.05) is 24.3 Å². The number of aromatic nitrogens is 2. The Hall–Kier alpha value is -1.01. The van der Waals surface area contributed by atoms with Gasteiger partial charge in [-0.1, -0.05) is 11.8 Å². The highest BCUT2D eigenvalue weighted by molar-refractivity contribution is 8.14. The van der Waals surface area contributed by atoms with Crippen molar-refractivity contribution < 1.29 is 4.74 Å². The summed E-state index contributed by atoms with van der Waals surface area (Å²) in [5.74, 6) is 1.94. The van der Waals surface area contributed by atoms with Gasteiger partial charge < -0.3 is 10.1 Å². The molecule has 6 heteroatoms. The number of nitrogens with zero attached hydrogens (tertiary/aromatic N) is 3. The van der Waals surface area contributed by atoms with Crippen LogP contribution >= 0.6 is 11.8 Å². The van der Waals surface area contributed by atoms with E-state index < -0.39 is 0 Å². The van der Waals surface area contributed by atoms with Crippen molar-refractivity contribution >= 4 is 22.7 Å². The smallest absolute Gasteiger partial charge is 0.162 e. The van der Waals surface area contributed by atoms with Gasteiger partial charge in [0.2, 0.25) is 0 Å². The largest absolute Gasteiger partial charge is 0.381 e. The van der Waals surface area contributed by atoms with Crippen LogP contribution in [0.4, 0.5) is 5.82 Å². The van der Waals surface area contributed by atoms with Crippen molar-refractivity contribution in [3.8, 4) is 0 Å². The van der Waals surface area contributed by atoms with E-state index in [0.717, 1.165) is 48.5 Å². The Morgan fingerprint density at radius 3 is 2.89 bits per heavy atom. The van der Waals surface area contributed by atoms with Gasteiger partial charge in [0, 0.05) is 37.8 Å². The lowest BCUT2D eigenvalue weighted by molar-refractivity contribution is 0.0624. The average Bonchev–Trinajstić information content (AvgIpc) is 2.86. The Morgan fingerprint density at radius 2 is 2.22 bits per heavy atom. The van der Waals surface area contributed by atoms with Crippen LogP contribution < -0.4 is 5.32 Å². The fraction of sp³-hybridized carbons (Fsp3) is 0.667. The van der Waals surface area contributed by atoms with Crippen LogP contribution in [0.5, 0.6) is 0 Å². The summed E-state index contributed by atoms with van der Waals surface area (Å²) in [6, 6.07) is 2.04. The third-order valence-corrected chi connectivity index (χ3v) is 4.74. The van der Waals surface area contributed by atoms with Crippen LogP contribution in [0.2, 0.25) is 0 Å². The summed E-state index contributed by atoms with van der Waals surface area (Å²) in [6.45, 7) is 3.71. The van der Waals surface area contributed by atoms with Gasteiger partial charge >= 0.3 is 0 Å². The quantitative estimate of drug-likeness (QED) is 0.842. The molecular formula is C12H18N4OS. The molecule has 3 heterocycles. The van der Waals surface area contributed by atoms with Crippen LogP contribution in [0.15, 0.2) is 11.1 Å². The molecule has 0 atom stereocenters. The second kappa shape index (κ2) is 4.59. The van der Waals surface area contributed by atoms with Crippen LogP contribution in [-0.4, -0.2) is 39.5 Å². The summed E-state index contributed by atoms with van der Waals surface area (Å²) in [5, 5.41) is 8.70. The van der Waals surface area contributed by atoms with Crippen molar-refractivity contribution in [2.45, 2.75) is 25.3 Å². The molecule has 1 saturated heterocycles. The zero-order valence-corrected chi connectivity index (χ0v) is 11.6. The van der Waals surface area contributed by atoms with Crippen LogP contribution in [0.3, 0.4) is 0 Å². The Morgan fingerprint density at radius 1 is 1.44 bits per heavy atom. The average molecular weight is 266 g/mol. The van der Waals surface area contributed by atoms with Crippen LogP contribution in [0.1, 0.15) is 18.5 Å². The minimum Gasteiger partial charge on any atom is -0.381 e. The molecule has 98 valence electrons. The van der Waals surface area contributed by atoms with Crippen LogP contribution in [-0.2, 0) is 11.8 Å². The number of hydrogen-bond acceptors (Lipinski definition) is 5. The molecule has 1 fully saturated rings. The number of rotatable bonds is 1.